The van der Waals surface area contributed by atoms with E-state index < -0.39 is 0 Å². The Morgan fingerprint density at radius 3 is 1.93 bits per heavy atom. The zero-order valence-corrected chi connectivity index (χ0v) is 38.3. The molecule has 0 amide bonds. The molecule has 4 heterocycles. The van der Waals surface area contributed by atoms with E-state index in [1.54, 1.807) is 0 Å². The summed E-state index contributed by atoms with van der Waals surface area (Å²) in [5.41, 5.74) is 12.9. The number of rotatable bonds is 7. The fourth-order valence-electron chi connectivity index (χ4n) is 10.8. The molecule has 0 saturated carbocycles. The number of fused-ring (bicyclic) bond motifs is 9. The van der Waals surface area contributed by atoms with Crippen LogP contribution < -0.4 is 15.9 Å². The van der Waals surface area contributed by atoms with E-state index in [0.717, 1.165) is 40.5 Å². The minimum atomic E-state index is -0.237. The van der Waals surface area contributed by atoms with Gasteiger partial charge in [0, 0.05) is 75.3 Å². The summed E-state index contributed by atoms with van der Waals surface area (Å²) >= 11 is 1.83. The van der Waals surface area contributed by atoms with E-state index in [1.807, 2.05) is 35.6 Å². The van der Waals surface area contributed by atoms with Gasteiger partial charge in [-0.3, -0.25) is 0 Å². The summed E-state index contributed by atoms with van der Waals surface area (Å²) < 4.78 is 7.34. The van der Waals surface area contributed by atoms with Gasteiger partial charge in [-0.2, -0.15) is 0 Å². The first-order valence-corrected chi connectivity index (χ1v) is 24.5. The molecule has 69 heavy (non-hydrogen) atoms. The summed E-state index contributed by atoms with van der Waals surface area (Å²) in [5, 5.41) is 12.6. The maximum absolute atomic E-state index is 5.07. The van der Waals surface area contributed by atoms with E-state index in [9.17, 15) is 0 Å². The number of thiophene rings is 1. The van der Waals surface area contributed by atoms with Gasteiger partial charge < -0.3 is 14.5 Å². The van der Waals surface area contributed by atoms with Gasteiger partial charge in [0.25, 0.3) is 0 Å². The van der Waals surface area contributed by atoms with Gasteiger partial charge in [0.05, 0.1) is 16.6 Å². The van der Waals surface area contributed by atoms with Gasteiger partial charge in [0.15, 0.2) is 5.84 Å². The lowest BCUT2D eigenvalue weighted by atomic mass is 9.90. The molecule has 3 aromatic heterocycles. The minimum Gasteiger partial charge on any atom is -0.344 e. The number of nitrogens with zero attached hydrogens (tertiary/aromatic N) is 4. The Hall–Kier alpha value is -8.58. The Bertz CT molecular complexity index is 4180. The average molecular weight is 902 g/mol. The van der Waals surface area contributed by atoms with Gasteiger partial charge in [-0.1, -0.05) is 164 Å². The Labute approximate surface area is 402 Å². The molecule has 1 aliphatic heterocycles. The lowest BCUT2D eigenvalue weighted by molar-refractivity contribution is 0.674. The molecule has 2 aliphatic rings. The first-order chi connectivity index (χ1) is 34.2. The highest BCUT2D eigenvalue weighted by atomic mass is 32.1. The average Bonchev–Trinajstić information content (AvgIpc) is 4.08. The zero-order valence-electron chi connectivity index (χ0n) is 37.5. The second-order valence-electron chi connectivity index (χ2n) is 18.1. The van der Waals surface area contributed by atoms with Crippen molar-refractivity contribution in [2.24, 2.45) is 9.98 Å². The molecule has 1 aliphatic carbocycles. The predicted octanol–water partition coefficient (Wildman–Crippen LogP) is 14.0. The third-order valence-electron chi connectivity index (χ3n) is 14.1. The normalized spacial score (nSPS) is 15.7. The summed E-state index contributed by atoms with van der Waals surface area (Å²) in [4.78, 5) is 10.1. The topological polar surface area (TPSA) is 46.6 Å². The van der Waals surface area contributed by atoms with E-state index in [0.29, 0.717) is 0 Å². The lowest BCUT2D eigenvalue weighted by Crippen LogP contribution is -2.33. The summed E-state index contributed by atoms with van der Waals surface area (Å²) in [6.45, 7) is 0. The van der Waals surface area contributed by atoms with E-state index in [1.165, 1.54) is 85.8 Å². The molecule has 0 radical (unpaired) electrons. The molecule has 0 bridgehead atoms. The molecule has 0 saturated heterocycles. The van der Waals surface area contributed by atoms with Gasteiger partial charge in [-0.15, -0.1) is 11.3 Å². The van der Waals surface area contributed by atoms with Crippen LogP contribution in [0.3, 0.4) is 0 Å². The first kappa shape index (κ1) is 39.6. The predicted molar refractivity (Wildman–Crippen MR) is 290 cm³/mol. The first-order valence-electron chi connectivity index (χ1n) is 23.7. The van der Waals surface area contributed by atoms with Gasteiger partial charge >= 0.3 is 0 Å². The fraction of sp³-hybridized carbons (Fsp3) is 0.0476. The van der Waals surface area contributed by atoms with Crippen molar-refractivity contribution in [1.29, 1.82) is 0 Å². The van der Waals surface area contributed by atoms with E-state index in [4.69, 9.17) is 9.98 Å². The minimum absolute atomic E-state index is 0.237. The van der Waals surface area contributed by atoms with Gasteiger partial charge in [0.2, 0.25) is 0 Å². The number of amidine groups is 2. The molecule has 326 valence electrons. The molecule has 9 aromatic carbocycles. The van der Waals surface area contributed by atoms with Crippen LogP contribution in [-0.4, -0.2) is 20.8 Å². The Morgan fingerprint density at radius 2 is 1.12 bits per heavy atom. The number of para-hydroxylation sites is 3. The zero-order chi connectivity index (χ0) is 45.4. The lowest BCUT2D eigenvalue weighted by Gasteiger charge is -2.23. The second kappa shape index (κ2) is 16.0. The largest absolute Gasteiger partial charge is 0.344 e. The van der Waals surface area contributed by atoms with E-state index in [-0.39, 0.29) is 12.1 Å². The molecule has 6 heteroatoms. The molecule has 12 aromatic rings. The molecule has 2 unspecified atom stereocenters. The molecule has 2 atom stereocenters. The van der Waals surface area contributed by atoms with Crippen LogP contribution in [0.15, 0.2) is 228 Å². The molecule has 0 fully saturated rings. The Morgan fingerprint density at radius 1 is 0.449 bits per heavy atom. The highest BCUT2D eigenvalue weighted by Gasteiger charge is 2.23. The SMILES string of the molecule is C1=c2c(n(-c3ccccc3)c3ccccc23)=CCC1c1ccc2c(c1)c1ccccc1n2-c1ccc(-c2ccc3sc4cc(C5=NC(c6ccccc6)=NC(c6ccccc6)N5)ccc4c3c2)cc1. The van der Waals surface area contributed by atoms with Gasteiger partial charge in [-0.05, 0) is 95.4 Å². The molecule has 14 rings (SSSR count). The maximum Gasteiger partial charge on any atom is 0.159 e. The number of aliphatic imine (C=N–C) groups is 2. The van der Waals surface area contributed by atoms with Crippen LogP contribution in [0.4, 0.5) is 0 Å². The van der Waals surface area contributed by atoms with Crippen molar-refractivity contribution in [3.63, 3.8) is 0 Å². The molecular weight excluding hydrogens is 859 g/mol. The Kier molecular flexibility index (Phi) is 9.20. The van der Waals surface area contributed by atoms with Crippen molar-refractivity contribution in [3.8, 4) is 22.5 Å². The van der Waals surface area contributed by atoms with Crippen LogP contribution in [0, 0.1) is 0 Å². The number of nitrogens with one attached hydrogen (secondary N) is 1. The second-order valence-corrected chi connectivity index (χ2v) is 19.2. The van der Waals surface area contributed by atoms with Crippen LogP contribution >= 0.6 is 11.3 Å². The molecule has 1 N–H and O–H groups in total. The van der Waals surface area contributed by atoms with Crippen molar-refractivity contribution in [2.75, 3.05) is 0 Å². The third-order valence-corrected chi connectivity index (χ3v) is 15.3. The fourth-order valence-corrected chi connectivity index (χ4v) is 11.9. The van der Waals surface area contributed by atoms with Crippen molar-refractivity contribution in [1.82, 2.24) is 14.5 Å². The highest BCUT2D eigenvalue weighted by Crippen LogP contribution is 2.39. The van der Waals surface area contributed by atoms with Crippen LogP contribution in [-0.2, 0) is 0 Å². The van der Waals surface area contributed by atoms with Crippen LogP contribution in [0.25, 0.3) is 87.5 Å². The van der Waals surface area contributed by atoms with Crippen LogP contribution in [0.2, 0.25) is 0 Å². The molecular formula is C63H43N5S. The van der Waals surface area contributed by atoms with Crippen LogP contribution in [0.1, 0.15) is 40.8 Å². The smallest absolute Gasteiger partial charge is 0.159 e. The number of benzene rings is 9. The third kappa shape index (κ3) is 6.67. The quantitative estimate of drug-likeness (QED) is 0.170. The summed E-state index contributed by atoms with van der Waals surface area (Å²) in [6, 6.07) is 78.9. The van der Waals surface area contributed by atoms with Crippen molar-refractivity contribution in [3.05, 3.63) is 251 Å². The summed E-state index contributed by atoms with van der Waals surface area (Å²) in [7, 11) is 0. The molecule has 0 spiro atoms. The monoisotopic (exact) mass is 901 g/mol. The van der Waals surface area contributed by atoms with Gasteiger partial charge in [0.1, 0.15) is 12.0 Å². The molecule has 5 nitrogen and oxygen atoms in total. The maximum atomic E-state index is 5.07. The standard InChI is InChI=1S/C63H43N5S/c1-4-14-41(15-5-1)61-64-62(42-16-6-2-7-17-42)66-63(65-61)46-26-32-51-54-38-43(29-35-59(54)69-60(51)39-46)40-24-30-48(31-25-40)68-56-23-13-11-21-50(56)53-37-45(28-34-58(53)68)44-27-33-57-52(36-44)49-20-10-12-22-55(49)67(57)47-18-8-3-9-19-47/h1-26,28-39,44,61H,27H2,(H,64,65,66). The summed E-state index contributed by atoms with van der Waals surface area (Å²) in [5.74, 6) is 1.83. The number of aromatic nitrogens is 2. The van der Waals surface area contributed by atoms with Crippen molar-refractivity contribution < 1.29 is 0 Å². The van der Waals surface area contributed by atoms with E-state index >= 15 is 0 Å². The van der Waals surface area contributed by atoms with Crippen molar-refractivity contribution >= 4 is 88.0 Å². The summed E-state index contributed by atoms with van der Waals surface area (Å²) in [6.07, 6.45) is 5.66. The number of hydrogen-bond acceptors (Lipinski definition) is 4. The highest BCUT2D eigenvalue weighted by molar-refractivity contribution is 7.25. The van der Waals surface area contributed by atoms with E-state index in [2.05, 4.69) is 221 Å². The number of hydrogen-bond donors (Lipinski definition) is 1. The Balaban J connectivity index is 0.783. The van der Waals surface area contributed by atoms with Gasteiger partial charge in [-0.25, -0.2) is 9.98 Å². The van der Waals surface area contributed by atoms with Crippen molar-refractivity contribution in [2.45, 2.75) is 18.5 Å². The van der Waals surface area contributed by atoms with Crippen LogP contribution in [0.5, 0.6) is 0 Å².